The summed E-state index contributed by atoms with van der Waals surface area (Å²) in [6.07, 6.45) is 1.71. The number of nitrogen functional groups attached to an aromatic ring is 2. The number of halogens is 1. The van der Waals surface area contributed by atoms with Crippen molar-refractivity contribution >= 4 is 65.8 Å². The third kappa shape index (κ3) is 6.76. The van der Waals surface area contributed by atoms with Crippen LogP contribution in [0.5, 0.6) is 5.75 Å². The van der Waals surface area contributed by atoms with Gasteiger partial charge in [0, 0.05) is 110 Å². The normalized spacial score (nSPS) is 21.6. The van der Waals surface area contributed by atoms with Gasteiger partial charge in [-0.1, -0.05) is 24.3 Å². The van der Waals surface area contributed by atoms with Crippen LogP contribution >= 0.6 is 11.6 Å². The van der Waals surface area contributed by atoms with E-state index in [4.69, 9.17) is 33.9 Å². The van der Waals surface area contributed by atoms with Gasteiger partial charge in [0.15, 0.2) is 5.78 Å². The number of ether oxygens (including phenoxy) is 2. The van der Waals surface area contributed by atoms with Crippen molar-refractivity contribution in [2.75, 3.05) is 35.3 Å². The van der Waals surface area contributed by atoms with Gasteiger partial charge in [-0.05, 0) is 83.9 Å². The third-order valence-corrected chi connectivity index (χ3v) is 9.43. The molecule has 1 spiro atoms. The van der Waals surface area contributed by atoms with Crippen LogP contribution in [0.3, 0.4) is 0 Å². The maximum atomic E-state index is 12.6. The van der Waals surface area contributed by atoms with Gasteiger partial charge in [-0.25, -0.2) is 9.59 Å². The minimum Gasteiger partial charge on any atom is -0.507 e. The van der Waals surface area contributed by atoms with Crippen LogP contribution in [0, 0.1) is 37.0 Å². The van der Waals surface area contributed by atoms with Gasteiger partial charge in [0.05, 0.1) is 5.69 Å². The number of carbonyl (C=O) groups is 3. The van der Waals surface area contributed by atoms with Gasteiger partial charge >= 0.3 is 12.2 Å². The molecule has 3 aromatic rings. The Morgan fingerprint density at radius 2 is 1.59 bits per heavy atom. The number of allylic oxidation sites excluding steroid dienone is 2. The quantitative estimate of drug-likeness (QED) is 0.144. The number of likely N-dealkylation sites (tertiary alicyclic amines) is 1. The van der Waals surface area contributed by atoms with E-state index in [1.807, 2.05) is 65.8 Å². The van der Waals surface area contributed by atoms with Crippen LogP contribution in [0.25, 0.3) is 10.8 Å². The molecule has 2 aliphatic heterocycles. The molecule has 3 unspecified atom stereocenters. The Morgan fingerprint density at radius 3 is 2.20 bits per heavy atom. The van der Waals surface area contributed by atoms with E-state index in [1.165, 1.54) is 4.90 Å². The Hall–Kier alpha value is -3.32. The Labute approximate surface area is 318 Å². The van der Waals surface area contributed by atoms with Crippen molar-refractivity contribution < 1.29 is 60.1 Å². The predicted octanol–water partition coefficient (Wildman–Crippen LogP) is 6.41. The number of anilines is 3. The number of piperidine rings is 1. The molecule has 0 bridgehead atoms. The number of fused-ring (bicyclic) bond motifs is 4. The second kappa shape index (κ2) is 13.4. The van der Waals surface area contributed by atoms with E-state index in [1.54, 1.807) is 29.2 Å². The summed E-state index contributed by atoms with van der Waals surface area (Å²) in [6.45, 7) is 12.0. The Kier molecular flexibility index (Phi) is 10.1. The van der Waals surface area contributed by atoms with Crippen molar-refractivity contribution in [2.24, 2.45) is 5.92 Å². The number of nitrogens with zero attached hydrogens (tertiary/aromatic N) is 2. The molecule has 3 atom stereocenters. The average Bonchev–Trinajstić information content (AvgIpc) is 3.45. The number of ketones is 1. The van der Waals surface area contributed by atoms with Crippen molar-refractivity contribution in [3.05, 3.63) is 70.9 Å². The Balaban J connectivity index is 0.000000210. The van der Waals surface area contributed by atoms with Crippen molar-refractivity contribution in [2.45, 2.75) is 70.5 Å². The SMILES string of the molecule is CC(C)(C)OC(=O)N1CC(CCl)c2c1cc(O)c1c(N)cccc21.CC(C)(C)OC(=O)N1CC2CC23C1=CC(=O)c1c(N)cccc13.[2H][B].[U]. The number of carbonyl (C=O) groups excluding carboxylic acids is 3. The number of rotatable bonds is 1. The zero-order valence-electron chi connectivity index (χ0n) is 29.6. The first kappa shape index (κ1) is 36.9. The molecule has 2 fully saturated rings. The monoisotopic (exact) mass is 911 g/mol. The van der Waals surface area contributed by atoms with Gasteiger partial charge in [0.1, 0.15) is 17.0 Å². The van der Waals surface area contributed by atoms with Crippen molar-refractivity contribution in [3.63, 3.8) is 0 Å². The first-order valence-corrected chi connectivity index (χ1v) is 16.3. The second-order valence-corrected chi connectivity index (χ2v) is 15.0. The van der Waals surface area contributed by atoms with Crippen LogP contribution < -0.4 is 16.4 Å². The molecule has 1 saturated carbocycles. The summed E-state index contributed by atoms with van der Waals surface area (Å²) in [5, 5.41) is 11.8. The standard InChI is InChI=1S/C18H21ClN2O3.C18H20N2O3.BH.U/c1-18(2,3)24-17(23)21-9-10(8-19)15-11-5-4-6-12(20)16(11)14(22)7-13(15)21;1-17(2,3)23-16(22)20-9-10-8-18(10)11-5-4-6-12(19)15(11)13(21)7-14(18)20;;/h4-7,10,22H,8-9,20H2,1-3H3;4-7,10H,8-9,19H2,1-3H3;1H;/i;;1D;. The minimum absolute atomic E-state index is 0. The van der Waals surface area contributed by atoms with Gasteiger partial charge in [-0.15, -0.1) is 11.6 Å². The number of alkyl halides is 1. The maximum absolute atomic E-state index is 12.6. The minimum atomic E-state index is -0.598. The van der Waals surface area contributed by atoms with Gasteiger partial charge in [-0.2, -0.15) is 0 Å². The number of hydrogen-bond donors (Lipinski definition) is 3. The molecular formula is C36H42BClN4O6U. The molecule has 1 saturated heterocycles. The van der Waals surface area contributed by atoms with Crippen molar-refractivity contribution in [1.29, 1.82) is 1.34 Å². The van der Waals surface area contributed by atoms with Gasteiger partial charge < -0.3 is 26.0 Å². The fourth-order valence-corrected chi connectivity index (χ4v) is 7.43. The first-order valence-electron chi connectivity index (χ1n) is 16.3. The number of nitrogens with two attached hydrogens (primary N) is 2. The van der Waals surface area contributed by atoms with Gasteiger partial charge in [-0.3, -0.25) is 14.6 Å². The van der Waals surface area contributed by atoms with Crippen LogP contribution in [-0.4, -0.2) is 67.9 Å². The summed E-state index contributed by atoms with van der Waals surface area (Å²) in [7, 11) is 3.75. The molecule has 7 rings (SSSR count). The molecule has 49 heavy (non-hydrogen) atoms. The van der Waals surface area contributed by atoms with E-state index in [0.29, 0.717) is 52.9 Å². The summed E-state index contributed by atoms with van der Waals surface area (Å²) in [4.78, 5) is 40.7. The van der Waals surface area contributed by atoms with Crippen LogP contribution in [-0.2, 0) is 14.9 Å². The van der Waals surface area contributed by atoms with Crippen LogP contribution in [0.4, 0.5) is 26.7 Å². The second-order valence-electron chi connectivity index (χ2n) is 14.7. The molecule has 256 valence electrons. The Morgan fingerprint density at radius 1 is 1.00 bits per heavy atom. The fourth-order valence-electron chi connectivity index (χ4n) is 7.18. The molecule has 4 aliphatic rings. The molecule has 2 radical (unpaired) electrons. The molecule has 5 N–H and O–H groups in total. The molecular weight excluding hydrogens is 869 g/mol. The molecule has 2 heterocycles. The number of phenols is 1. The number of phenolic OH excluding ortho intramolecular Hbond substituents is 1. The zero-order chi connectivity index (χ0) is 36.2. The Bertz CT molecular complexity index is 1880. The zero-order valence-corrected chi connectivity index (χ0v) is 33.5. The number of hydrogen-bond acceptors (Lipinski definition) is 8. The maximum Gasteiger partial charge on any atom is 0.414 e. The van der Waals surface area contributed by atoms with E-state index in [9.17, 15) is 19.5 Å². The molecule has 3 aromatic carbocycles. The molecule has 2 amide bonds. The summed E-state index contributed by atoms with van der Waals surface area (Å²) in [6, 6.07) is 12.6. The number of amides is 2. The third-order valence-electron chi connectivity index (χ3n) is 9.06. The fraction of sp³-hybridized carbons (Fsp3) is 0.417. The smallest absolute Gasteiger partial charge is 0.414 e. The summed E-state index contributed by atoms with van der Waals surface area (Å²) >= 11 is 6.15. The van der Waals surface area contributed by atoms with E-state index >= 15 is 0 Å². The molecule has 2 aliphatic carbocycles. The van der Waals surface area contributed by atoms with Crippen molar-refractivity contribution in [3.8, 4) is 5.75 Å². The van der Waals surface area contributed by atoms with E-state index in [0.717, 1.165) is 28.6 Å². The largest absolute Gasteiger partial charge is 0.507 e. The molecule has 0 aromatic heterocycles. The molecule has 13 heteroatoms. The van der Waals surface area contributed by atoms with E-state index in [2.05, 4.69) is 8.38 Å². The summed E-state index contributed by atoms with van der Waals surface area (Å²) in [5.41, 5.74) is 15.6. The predicted molar refractivity (Wildman–Crippen MR) is 190 cm³/mol. The topological polar surface area (TPSA) is 148 Å². The summed E-state index contributed by atoms with van der Waals surface area (Å²) in [5.74, 6) is 0.584. The average molecular weight is 912 g/mol. The van der Waals surface area contributed by atoms with E-state index in [-0.39, 0.29) is 60.1 Å². The van der Waals surface area contributed by atoms with Crippen LogP contribution in [0.15, 0.2) is 54.2 Å². The van der Waals surface area contributed by atoms with Crippen LogP contribution in [0.2, 0.25) is 0 Å². The number of benzene rings is 3. The van der Waals surface area contributed by atoms with Crippen LogP contribution in [0.1, 0.15) is 75.4 Å². The van der Waals surface area contributed by atoms with E-state index < -0.39 is 17.3 Å². The van der Waals surface area contributed by atoms with Crippen molar-refractivity contribution in [1.82, 2.24) is 4.90 Å². The first-order chi connectivity index (χ1) is 23.0. The number of aromatic hydroxyl groups is 1. The molecule has 10 nitrogen and oxygen atoms in total. The van der Waals surface area contributed by atoms with Gasteiger partial charge in [0.25, 0.3) is 0 Å². The summed E-state index contributed by atoms with van der Waals surface area (Å²) < 4.78 is 16.2. The van der Waals surface area contributed by atoms with Gasteiger partial charge in [0.2, 0.25) is 0 Å².